The molecule has 0 N–H and O–H groups in total. The fourth-order valence-electron chi connectivity index (χ4n) is 3.15. The second-order valence-corrected chi connectivity index (χ2v) is 6.51. The molecule has 2 aromatic heterocycles. The van der Waals surface area contributed by atoms with Crippen molar-refractivity contribution in [1.82, 2.24) is 19.9 Å². The average molecular weight is 366 g/mol. The number of halogens is 1. The van der Waals surface area contributed by atoms with Crippen molar-refractivity contribution in [2.24, 2.45) is 0 Å². The van der Waals surface area contributed by atoms with E-state index >= 15 is 0 Å². The molecule has 0 bridgehead atoms. The van der Waals surface area contributed by atoms with E-state index in [-0.39, 0.29) is 17.4 Å². The first-order valence-corrected chi connectivity index (χ1v) is 8.82. The summed E-state index contributed by atoms with van der Waals surface area (Å²) in [7, 11) is 0. The van der Waals surface area contributed by atoms with Crippen molar-refractivity contribution in [2.45, 2.75) is 6.54 Å². The number of pyridine rings is 1. The zero-order chi connectivity index (χ0) is 18.6. The molecule has 0 unspecified atom stereocenters. The highest BCUT2D eigenvalue weighted by molar-refractivity contribution is 5.93. The van der Waals surface area contributed by atoms with Gasteiger partial charge in [-0.1, -0.05) is 11.2 Å². The summed E-state index contributed by atoms with van der Waals surface area (Å²) >= 11 is 0. The van der Waals surface area contributed by atoms with E-state index in [9.17, 15) is 9.18 Å². The van der Waals surface area contributed by atoms with Gasteiger partial charge in [0.1, 0.15) is 5.82 Å². The Kier molecular flexibility index (Phi) is 4.93. The van der Waals surface area contributed by atoms with Gasteiger partial charge >= 0.3 is 0 Å². The number of benzene rings is 1. The van der Waals surface area contributed by atoms with Crippen molar-refractivity contribution in [3.63, 3.8) is 0 Å². The second-order valence-electron chi connectivity index (χ2n) is 6.51. The summed E-state index contributed by atoms with van der Waals surface area (Å²) in [6.07, 6.45) is 3.63. The number of aromatic nitrogens is 2. The standard InChI is InChI=1S/C20H19FN4O2/c21-17-5-3-16(4-6-17)19-12-18(23-27-19)20(26)25-10-8-24(9-11-25)14-15-2-1-7-22-13-15/h1-7,12-13H,8-11,14H2. The van der Waals surface area contributed by atoms with E-state index in [0.717, 1.165) is 25.2 Å². The normalized spacial score (nSPS) is 15.1. The zero-order valence-electron chi connectivity index (χ0n) is 14.7. The quantitative estimate of drug-likeness (QED) is 0.711. The maximum atomic E-state index is 13.0. The molecule has 0 atom stereocenters. The van der Waals surface area contributed by atoms with Gasteiger partial charge in [-0.25, -0.2) is 4.39 Å². The Morgan fingerprint density at radius 2 is 1.89 bits per heavy atom. The number of carbonyl (C=O) groups excluding carboxylic acids is 1. The predicted molar refractivity (Wildman–Crippen MR) is 97.3 cm³/mol. The van der Waals surface area contributed by atoms with Crippen LogP contribution in [0.15, 0.2) is 59.4 Å². The molecule has 27 heavy (non-hydrogen) atoms. The van der Waals surface area contributed by atoms with Gasteiger partial charge in [0.25, 0.3) is 5.91 Å². The summed E-state index contributed by atoms with van der Waals surface area (Å²) in [6.45, 7) is 3.69. The van der Waals surface area contributed by atoms with Crippen molar-refractivity contribution >= 4 is 5.91 Å². The molecule has 3 heterocycles. The molecule has 7 heteroatoms. The molecule has 1 fully saturated rings. The average Bonchev–Trinajstić information content (AvgIpc) is 3.20. The second kappa shape index (κ2) is 7.67. The van der Waals surface area contributed by atoms with Gasteiger partial charge in [-0.05, 0) is 35.9 Å². The highest BCUT2D eigenvalue weighted by Gasteiger charge is 2.24. The maximum absolute atomic E-state index is 13.0. The van der Waals surface area contributed by atoms with Crippen LogP contribution in [-0.4, -0.2) is 52.0 Å². The van der Waals surface area contributed by atoms with Crippen molar-refractivity contribution in [1.29, 1.82) is 0 Å². The van der Waals surface area contributed by atoms with Crippen LogP contribution in [0.1, 0.15) is 16.1 Å². The fraction of sp³-hybridized carbons (Fsp3) is 0.250. The summed E-state index contributed by atoms with van der Waals surface area (Å²) in [6, 6.07) is 11.5. The lowest BCUT2D eigenvalue weighted by atomic mass is 10.1. The molecule has 1 aliphatic rings. The third kappa shape index (κ3) is 4.03. The Labute approximate surface area is 156 Å². The van der Waals surface area contributed by atoms with E-state index < -0.39 is 0 Å². The van der Waals surface area contributed by atoms with Crippen LogP contribution in [0.25, 0.3) is 11.3 Å². The Balaban J connectivity index is 1.36. The lowest BCUT2D eigenvalue weighted by molar-refractivity contribution is 0.0618. The Morgan fingerprint density at radius 3 is 2.59 bits per heavy atom. The number of amides is 1. The van der Waals surface area contributed by atoms with E-state index in [4.69, 9.17) is 4.52 Å². The monoisotopic (exact) mass is 366 g/mol. The van der Waals surface area contributed by atoms with Gasteiger partial charge in [-0.3, -0.25) is 14.7 Å². The molecular weight excluding hydrogens is 347 g/mol. The molecule has 0 saturated carbocycles. The van der Waals surface area contributed by atoms with E-state index in [1.165, 1.54) is 12.1 Å². The van der Waals surface area contributed by atoms with Crippen molar-refractivity contribution in [3.8, 4) is 11.3 Å². The minimum Gasteiger partial charge on any atom is -0.355 e. The zero-order valence-corrected chi connectivity index (χ0v) is 14.7. The first-order valence-electron chi connectivity index (χ1n) is 8.82. The number of hydrogen-bond acceptors (Lipinski definition) is 5. The molecule has 138 valence electrons. The molecule has 0 spiro atoms. The Bertz CT molecular complexity index is 903. The van der Waals surface area contributed by atoms with Gasteiger partial charge in [0.15, 0.2) is 11.5 Å². The number of hydrogen-bond donors (Lipinski definition) is 0. The molecular formula is C20H19FN4O2. The van der Waals surface area contributed by atoms with Crippen LogP contribution < -0.4 is 0 Å². The van der Waals surface area contributed by atoms with Crippen LogP contribution in [0.4, 0.5) is 4.39 Å². The largest absolute Gasteiger partial charge is 0.355 e. The molecule has 1 aliphatic heterocycles. The molecule has 1 aromatic carbocycles. The number of piperazine rings is 1. The van der Waals surface area contributed by atoms with Crippen LogP contribution >= 0.6 is 0 Å². The third-order valence-electron chi connectivity index (χ3n) is 4.65. The van der Waals surface area contributed by atoms with Crippen molar-refractivity contribution < 1.29 is 13.7 Å². The first kappa shape index (κ1) is 17.4. The minimum absolute atomic E-state index is 0.145. The van der Waals surface area contributed by atoms with Crippen molar-refractivity contribution in [2.75, 3.05) is 26.2 Å². The SMILES string of the molecule is O=C(c1cc(-c2ccc(F)cc2)on1)N1CCN(Cc2cccnc2)CC1. The predicted octanol–water partition coefficient (Wildman–Crippen LogP) is 2.83. The van der Waals surface area contributed by atoms with Crippen LogP contribution in [0.2, 0.25) is 0 Å². The number of nitrogens with zero attached hydrogens (tertiary/aromatic N) is 4. The summed E-state index contributed by atoms with van der Waals surface area (Å²) in [5.41, 5.74) is 2.12. The number of carbonyl (C=O) groups is 1. The van der Waals surface area contributed by atoms with Crippen LogP contribution in [0.3, 0.4) is 0 Å². The molecule has 0 radical (unpaired) electrons. The Hall–Kier alpha value is -3.06. The highest BCUT2D eigenvalue weighted by atomic mass is 19.1. The van der Waals surface area contributed by atoms with Crippen LogP contribution in [0.5, 0.6) is 0 Å². The molecule has 6 nitrogen and oxygen atoms in total. The summed E-state index contributed by atoms with van der Waals surface area (Å²) < 4.78 is 18.3. The highest BCUT2D eigenvalue weighted by Crippen LogP contribution is 2.21. The van der Waals surface area contributed by atoms with Gasteiger partial charge in [0, 0.05) is 56.7 Å². The van der Waals surface area contributed by atoms with Crippen molar-refractivity contribution in [3.05, 3.63) is 71.9 Å². The van der Waals surface area contributed by atoms with Crippen LogP contribution in [0, 0.1) is 5.82 Å². The Morgan fingerprint density at radius 1 is 1.11 bits per heavy atom. The maximum Gasteiger partial charge on any atom is 0.276 e. The minimum atomic E-state index is -0.321. The summed E-state index contributed by atoms with van der Waals surface area (Å²) in [5, 5.41) is 3.90. The number of rotatable bonds is 4. The van der Waals surface area contributed by atoms with Gasteiger partial charge in [0.2, 0.25) is 0 Å². The molecule has 3 aromatic rings. The molecule has 4 rings (SSSR count). The lowest BCUT2D eigenvalue weighted by Crippen LogP contribution is -2.48. The van der Waals surface area contributed by atoms with E-state index in [2.05, 4.69) is 21.1 Å². The van der Waals surface area contributed by atoms with Crippen LogP contribution in [-0.2, 0) is 6.54 Å². The van der Waals surface area contributed by atoms with E-state index in [1.807, 2.05) is 12.3 Å². The fourth-order valence-corrected chi connectivity index (χ4v) is 3.15. The third-order valence-corrected chi connectivity index (χ3v) is 4.65. The topological polar surface area (TPSA) is 62.5 Å². The molecule has 1 saturated heterocycles. The first-order chi connectivity index (χ1) is 13.2. The summed E-state index contributed by atoms with van der Waals surface area (Å²) in [5.74, 6) is -0.0135. The van der Waals surface area contributed by atoms with E-state index in [1.54, 1.807) is 29.3 Å². The van der Waals surface area contributed by atoms with Gasteiger partial charge < -0.3 is 9.42 Å². The molecule has 1 amide bonds. The van der Waals surface area contributed by atoms with Gasteiger partial charge in [-0.15, -0.1) is 0 Å². The lowest BCUT2D eigenvalue weighted by Gasteiger charge is -2.34. The van der Waals surface area contributed by atoms with E-state index in [0.29, 0.717) is 24.4 Å². The smallest absolute Gasteiger partial charge is 0.276 e. The van der Waals surface area contributed by atoms with Gasteiger partial charge in [-0.2, -0.15) is 0 Å². The molecule has 0 aliphatic carbocycles. The van der Waals surface area contributed by atoms with Gasteiger partial charge in [0.05, 0.1) is 0 Å². The summed E-state index contributed by atoms with van der Waals surface area (Å²) in [4.78, 5) is 20.9.